The fraction of sp³-hybridized carbons (Fsp3) is 0.400. The summed E-state index contributed by atoms with van der Waals surface area (Å²) in [5, 5.41) is 0. The molecule has 2 heteroatoms. The second-order valence-electron chi connectivity index (χ2n) is 3.43. The molecule has 1 unspecified atom stereocenters. The topological polar surface area (TPSA) is 26.0 Å². The quantitative estimate of drug-likeness (QED) is 0.463. The van der Waals surface area contributed by atoms with Gasteiger partial charge in [-0.25, -0.2) is 0 Å². The van der Waals surface area contributed by atoms with Crippen molar-refractivity contribution in [2.45, 2.75) is 24.1 Å². The molecule has 1 aliphatic rings. The van der Waals surface area contributed by atoms with Crippen LogP contribution in [-0.4, -0.2) is 0 Å². The third-order valence-corrected chi connectivity index (χ3v) is 2.95. The SMILES string of the molecule is NC1(S)CCCc2ccccc21. The van der Waals surface area contributed by atoms with E-state index in [2.05, 4.69) is 30.8 Å². The second-order valence-corrected chi connectivity index (χ2v) is 4.23. The molecule has 0 heterocycles. The maximum atomic E-state index is 6.05. The van der Waals surface area contributed by atoms with E-state index in [0.29, 0.717) is 0 Å². The predicted molar refractivity (Wildman–Crippen MR) is 54.2 cm³/mol. The van der Waals surface area contributed by atoms with E-state index in [0.717, 1.165) is 19.3 Å². The Morgan fingerprint density at radius 2 is 2.08 bits per heavy atom. The molecule has 0 saturated heterocycles. The maximum Gasteiger partial charge on any atom is 0.0850 e. The molecule has 0 radical (unpaired) electrons. The van der Waals surface area contributed by atoms with Crippen molar-refractivity contribution in [3.05, 3.63) is 35.4 Å². The summed E-state index contributed by atoms with van der Waals surface area (Å²) in [6.45, 7) is 0. The fourth-order valence-corrected chi connectivity index (χ4v) is 2.22. The van der Waals surface area contributed by atoms with Crippen molar-refractivity contribution in [3.8, 4) is 0 Å². The first-order valence-corrected chi connectivity index (χ1v) is 4.74. The zero-order valence-corrected chi connectivity index (χ0v) is 7.85. The number of hydrogen-bond acceptors (Lipinski definition) is 2. The number of aryl methyl sites for hydroxylation is 1. The molecule has 64 valence electrons. The monoisotopic (exact) mass is 179 g/mol. The van der Waals surface area contributed by atoms with Gasteiger partial charge in [0.15, 0.2) is 0 Å². The van der Waals surface area contributed by atoms with Gasteiger partial charge in [-0.2, -0.15) is 12.6 Å². The van der Waals surface area contributed by atoms with Crippen molar-refractivity contribution in [1.82, 2.24) is 0 Å². The number of fused-ring (bicyclic) bond motifs is 1. The molecule has 1 aliphatic carbocycles. The van der Waals surface area contributed by atoms with Crippen LogP contribution in [0.4, 0.5) is 0 Å². The van der Waals surface area contributed by atoms with Crippen LogP contribution in [0.15, 0.2) is 24.3 Å². The number of nitrogens with two attached hydrogens (primary N) is 1. The van der Waals surface area contributed by atoms with Crippen LogP contribution in [0.25, 0.3) is 0 Å². The van der Waals surface area contributed by atoms with Gasteiger partial charge in [-0.3, -0.25) is 0 Å². The highest BCUT2D eigenvalue weighted by molar-refractivity contribution is 7.81. The normalized spacial score (nSPS) is 28.2. The summed E-state index contributed by atoms with van der Waals surface area (Å²) in [5.41, 5.74) is 8.62. The summed E-state index contributed by atoms with van der Waals surface area (Å²) in [4.78, 5) is -0.394. The van der Waals surface area contributed by atoms with Gasteiger partial charge in [-0.15, -0.1) is 0 Å². The third-order valence-electron chi connectivity index (χ3n) is 2.49. The highest BCUT2D eigenvalue weighted by Gasteiger charge is 2.27. The minimum absolute atomic E-state index is 0.394. The van der Waals surface area contributed by atoms with E-state index >= 15 is 0 Å². The van der Waals surface area contributed by atoms with Crippen LogP contribution in [0.5, 0.6) is 0 Å². The van der Waals surface area contributed by atoms with E-state index in [9.17, 15) is 0 Å². The third kappa shape index (κ3) is 1.25. The molecule has 2 rings (SSSR count). The van der Waals surface area contributed by atoms with E-state index in [1.807, 2.05) is 6.07 Å². The van der Waals surface area contributed by atoms with Crippen molar-refractivity contribution < 1.29 is 0 Å². The van der Waals surface area contributed by atoms with Gasteiger partial charge < -0.3 is 5.73 Å². The van der Waals surface area contributed by atoms with E-state index in [-0.39, 0.29) is 0 Å². The Balaban J connectivity index is 2.52. The standard InChI is InChI=1S/C10H13NS/c11-10(12)7-3-5-8-4-1-2-6-9(8)10/h1-2,4,6,12H,3,5,7,11H2. The molecule has 1 nitrogen and oxygen atoms in total. The summed E-state index contributed by atoms with van der Waals surface area (Å²) in [6, 6.07) is 8.32. The average Bonchev–Trinajstić information content (AvgIpc) is 2.04. The summed E-state index contributed by atoms with van der Waals surface area (Å²) in [6.07, 6.45) is 3.28. The Labute approximate surface area is 78.4 Å². The van der Waals surface area contributed by atoms with E-state index < -0.39 is 4.87 Å². The van der Waals surface area contributed by atoms with Crippen LogP contribution in [-0.2, 0) is 11.3 Å². The number of hydrogen-bond donors (Lipinski definition) is 2. The summed E-state index contributed by atoms with van der Waals surface area (Å²) >= 11 is 4.47. The highest BCUT2D eigenvalue weighted by Crippen LogP contribution is 2.35. The molecule has 1 atom stereocenters. The predicted octanol–water partition coefficient (Wildman–Crippen LogP) is 2.06. The Kier molecular flexibility index (Phi) is 1.89. The van der Waals surface area contributed by atoms with Crippen LogP contribution < -0.4 is 5.73 Å². The Hall–Kier alpha value is -0.470. The molecule has 0 bridgehead atoms. The molecular formula is C10H13NS. The lowest BCUT2D eigenvalue weighted by atomic mass is 9.88. The van der Waals surface area contributed by atoms with Crippen LogP contribution in [0.2, 0.25) is 0 Å². The van der Waals surface area contributed by atoms with E-state index in [4.69, 9.17) is 5.73 Å². The molecule has 0 aliphatic heterocycles. The van der Waals surface area contributed by atoms with Gasteiger partial charge in [0, 0.05) is 0 Å². The van der Waals surface area contributed by atoms with Gasteiger partial charge in [0.1, 0.15) is 0 Å². The largest absolute Gasteiger partial charge is 0.313 e. The fourth-order valence-electron chi connectivity index (χ4n) is 1.84. The van der Waals surface area contributed by atoms with E-state index in [1.165, 1.54) is 11.1 Å². The lowest BCUT2D eigenvalue weighted by Gasteiger charge is -2.31. The maximum absolute atomic E-state index is 6.05. The molecule has 0 fully saturated rings. The molecule has 0 spiro atoms. The first kappa shape index (κ1) is 8.14. The molecular weight excluding hydrogens is 166 g/mol. The van der Waals surface area contributed by atoms with Crippen LogP contribution in [0.3, 0.4) is 0 Å². The van der Waals surface area contributed by atoms with Gasteiger partial charge in [0.05, 0.1) is 4.87 Å². The van der Waals surface area contributed by atoms with Crippen LogP contribution in [0, 0.1) is 0 Å². The molecule has 1 aromatic carbocycles. The smallest absolute Gasteiger partial charge is 0.0850 e. The number of benzene rings is 1. The summed E-state index contributed by atoms with van der Waals surface area (Å²) in [7, 11) is 0. The van der Waals surface area contributed by atoms with Gasteiger partial charge in [0.25, 0.3) is 0 Å². The van der Waals surface area contributed by atoms with E-state index in [1.54, 1.807) is 0 Å². The first-order valence-electron chi connectivity index (χ1n) is 4.30. The van der Waals surface area contributed by atoms with Gasteiger partial charge in [0.2, 0.25) is 0 Å². The Morgan fingerprint density at radius 1 is 1.33 bits per heavy atom. The zero-order valence-electron chi connectivity index (χ0n) is 6.96. The Bertz CT molecular complexity index is 294. The number of rotatable bonds is 0. The van der Waals surface area contributed by atoms with Gasteiger partial charge in [-0.05, 0) is 30.4 Å². The molecule has 12 heavy (non-hydrogen) atoms. The molecule has 1 aromatic rings. The first-order chi connectivity index (χ1) is 5.70. The van der Waals surface area contributed by atoms with Crippen molar-refractivity contribution in [2.24, 2.45) is 5.73 Å². The lowest BCUT2D eigenvalue weighted by Crippen LogP contribution is -2.34. The second kappa shape index (κ2) is 2.79. The van der Waals surface area contributed by atoms with Gasteiger partial charge in [-0.1, -0.05) is 24.3 Å². The Morgan fingerprint density at radius 3 is 2.83 bits per heavy atom. The highest BCUT2D eigenvalue weighted by atomic mass is 32.1. The van der Waals surface area contributed by atoms with Crippen molar-refractivity contribution in [1.29, 1.82) is 0 Å². The average molecular weight is 179 g/mol. The molecule has 0 saturated carbocycles. The van der Waals surface area contributed by atoms with Crippen molar-refractivity contribution in [2.75, 3.05) is 0 Å². The molecule has 0 amide bonds. The number of thiol groups is 1. The van der Waals surface area contributed by atoms with Crippen LogP contribution >= 0.6 is 12.6 Å². The summed E-state index contributed by atoms with van der Waals surface area (Å²) in [5.74, 6) is 0. The summed E-state index contributed by atoms with van der Waals surface area (Å²) < 4.78 is 0. The minimum atomic E-state index is -0.394. The lowest BCUT2D eigenvalue weighted by molar-refractivity contribution is 0.528. The minimum Gasteiger partial charge on any atom is -0.313 e. The van der Waals surface area contributed by atoms with Gasteiger partial charge >= 0.3 is 0 Å². The van der Waals surface area contributed by atoms with Crippen molar-refractivity contribution >= 4 is 12.6 Å². The zero-order chi connectivity index (χ0) is 8.60. The van der Waals surface area contributed by atoms with Crippen LogP contribution in [0.1, 0.15) is 24.0 Å². The molecule has 0 aromatic heterocycles. The van der Waals surface area contributed by atoms with Crippen molar-refractivity contribution in [3.63, 3.8) is 0 Å². The molecule has 2 N–H and O–H groups in total.